The van der Waals surface area contributed by atoms with E-state index >= 15 is 0 Å². The molecule has 0 saturated heterocycles. The molecular weight excluding hydrogens is 613 g/mol. The summed E-state index contributed by atoms with van der Waals surface area (Å²) in [7, 11) is 1.93. The van der Waals surface area contributed by atoms with Crippen molar-refractivity contribution in [2.45, 2.75) is 20.8 Å². The van der Waals surface area contributed by atoms with Crippen LogP contribution in [0.15, 0.2) is 77.7 Å². The van der Waals surface area contributed by atoms with Gasteiger partial charge in [0.15, 0.2) is 12.7 Å². The maximum atomic E-state index is 5.85. The van der Waals surface area contributed by atoms with E-state index in [-0.39, 0.29) is 20.1 Å². The fourth-order valence-electron chi connectivity index (χ4n) is 3.70. The zero-order chi connectivity index (χ0) is 23.7. The first-order valence-electron chi connectivity index (χ1n) is 11.1. The molecule has 1 aliphatic heterocycles. The minimum Gasteiger partial charge on any atom is -0.495 e. The van der Waals surface area contributed by atoms with Crippen LogP contribution in [0.2, 0.25) is 0 Å². The van der Waals surface area contributed by atoms with E-state index in [1.165, 1.54) is 16.7 Å². The smallest absolute Gasteiger partial charge is 0.493 e. The normalized spacial score (nSPS) is 12.1. The third kappa shape index (κ3) is 5.06. The molecule has 6 rings (SSSR count). The van der Waals surface area contributed by atoms with Gasteiger partial charge in [0.2, 0.25) is 11.9 Å². The summed E-state index contributed by atoms with van der Waals surface area (Å²) in [6, 6.07) is 25.6. The van der Waals surface area contributed by atoms with Gasteiger partial charge >= 0.3 is 6.01 Å². The zero-order valence-electron chi connectivity index (χ0n) is 20.0. The molecule has 3 aromatic heterocycles. The van der Waals surface area contributed by atoms with Crippen LogP contribution in [-0.4, -0.2) is 32.2 Å². The number of furan rings is 1. The molecule has 6 heteroatoms. The summed E-state index contributed by atoms with van der Waals surface area (Å²) in [5, 5.41) is 2.06. The molecular formula is C29H24IrN4O. The Hall–Kier alpha value is -3.69. The molecule has 5 nitrogen and oxygen atoms in total. The molecule has 0 atom stereocenters. The van der Waals surface area contributed by atoms with Crippen molar-refractivity contribution in [2.75, 3.05) is 7.05 Å². The van der Waals surface area contributed by atoms with E-state index in [1.54, 1.807) is 6.20 Å². The van der Waals surface area contributed by atoms with Crippen LogP contribution >= 0.6 is 0 Å². The number of rotatable bonds is 2. The molecule has 1 aliphatic rings. The summed E-state index contributed by atoms with van der Waals surface area (Å²) in [5.41, 5.74) is 8.05. The second kappa shape index (κ2) is 10.3. The van der Waals surface area contributed by atoms with Gasteiger partial charge in [-0.3, -0.25) is 0 Å². The van der Waals surface area contributed by atoms with E-state index in [0.29, 0.717) is 5.71 Å². The third-order valence-electron chi connectivity index (χ3n) is 5.75. The molecule has 0 bridgehead atoms. The van der Waals surface area contributed by atoms with Gasteiger partial charge in [0, 0.05) is 37.9 Å². The molecule has 0 aliphatic carbocycles. The van der Waals surface area contributed by atoms with Crippen molar-refractivity contribution in [1.82, 2.24) is 9.97 Å². The van der Waals surface area contributed by atoms with Crippen molar-refractivity contribution in [2.24, 2.45) is 0 Å². The minimum atomic E-state index is 0. The van der Waals surface area contributed by atoms with Crippen molar-refractivity contribution in [3.05, 3.63) is 102 Å². The van der Waals surface area contributed by atoms with E-state index < -0.39 is 0 Å². The van der Waals surface area contributed by atoms with Gasteiger partial charge < -0.3 is 9.40 Å². The van der Waals surface area contributed by atoms with Crippen molar-refractivity contribution < 1.29 is 33.7 Å². The fraction of sp³-hybridized carbons (Fsp3) is 0.138. The van der Waals surface area contributed by atoms with Crippen LogP contribution in [0.5, 0.6) is 0 Å². The number of fused-ring (bicyclic) bond motifs is 3. The number of benzene rings is 2. The molecule has 2 aromatic carbocycles. The summed E-state index contributed by atoms with van der Waals surface area (Å²) in [5.74, 6) is 0. The first kappa shape index (κ1) is 24.4. The average Bonchev–Trinajstić information content (AvgIpc) is 3.45. The molecule has 0 amide bonds. The quantitative estimate of drug-likeness (QED) is 0.171. The first-order valence-corrected chi connectivity index (χ1v) is 11.1. The number of nitrogens with zero attached hydrogens (tertiary/aromatic N) is 4. The number of pyridine rings is 2. The summed E-state index contributed by atoms with van der Waals surface area (Å²) in [6.07, 6.45) is 7.49. The predicted molar refractivity (Wildman–Crippen MR) is 133 cm³/mol. The van der Waals surface area contributed by atoms with E-state index in [0.717, 1.165) is 33.3 Å². The molecule has 175 valence electrons. The Kier molecular flexibility index (Phi) is 7.18. The molecule has 5 aromatic rings. The van der Waals surface area contributed by atoms with Crippen LogP contribution in [-0.2, 0) is 20.1 Å². The Morgan fingerprint density at radius 3 is 2.51 bits per heavy atom. The first-order chi connectivity index (χ1) is 16.5. The molecule has 0 unspecified atom stereocenters. The van der Waals surface area contributed by atoms with Crippen molar-refractivity contribution >= 4 is 33.8 Å². The fourth-order valence-corrected chi connectivity index (χ4v) is 3.70. The summed E-state index contributed by atoms with van der Waals surface area (Å²) in [4.78, 5) is 8.66. The van der Waals surface area contributed by atoms with Gasteiger partial charge in [-0.15, -0.1) is 41.5 Å². The van der Waals surface area contributed by atoms with Crippen LogP contribution in [0.25, 0.3) is 33.3 Å². The van der Waals surface area contributed by atoms with Crippen LogP contribution in [0.1, 0.15) is 16.7 Å². The molecule has 1 radical (unpaired) electrons. The molecule has 4 heterocycles. The van der Waals surface area contributed by atoms with Crippen LogP contribution in [0, 0.1) is 32.9 Å². The monoisotopic (exact) mass is 637 g/mol. The molecule has 0 spiro atoms. The minimum absolute atomic E-state index is 0. The Balaban J connectivity index is 0.000000165. The number of aryl methyl sites for hydroxylation is 3. The summed E-state index contributed by atoms with van der Waals surface area (Å²) in [6.45, 7) is 6.24. The predicted octanol–water partition coefficient (Wildman–Crippen LogP) is 6.20. The van der Waals surface area contributed by atoms with Crippen molar-refractivity contribution in [3.8, 4) is 11.3 Å². The summed E-state index contributed by atoms with van der Waals surface area (Å²) < 4.78 is 9.58. The largest absolute Gasteiger partial charge is 0.495 e. The maximum absolute atomic E-state index is 5.85. The Morgan fingerprint density at radius 1 is 0.943 bits per heavy atom. The van der Waals surface area contributed by atoms with Gasteiger partial charge in [0.1, 0.15) is 0 Å². The van der Waals surface area contributed by atoms with Gasteiger partial charge in [0.05, 0.1) is 5.58 Å². The number of hydrogen-bond acceptors (Lipinski definition) is 3. The van der Waals surface area contributed by atoms with Crippen LogP contribution < -0.4 is 0 Å². The third-order valence-corrected chi connectivity index (χ3v) is 5.75. The van der Waals surface area contributed by atoms with E-state index in [4.69, 9.17) is 4.42 Å². The Morgan fingerprint density at radius 2 is 1.80 bits per heavy atom. The molecule has 0 N–H and O–H groups in total. The average molecular weight is 637 g/mol. The van der Waals surface area contributed by atoms with E-state index in [2.05, 4.69) is 67.1 Å². The maximum Gasteiger partial charge on any atom is 0.493 e. The topological polar surface area (TPSA) is 44.9 Å². The Labute approximate surface area is 218 Å². The molecule has 35 heavy (non-hydrogen) atoms. The molecule has 0 saturated carbocycles. The van der Waals surface area contributed by atoms with Crippen LogP contribution in [0.3, 0.4) is 0 Å². The van der Waals surface area contributed by atoms with Crippen molar-refractivity contribution in [3.63, 3.8) is 0 Å². The standard InChI is InChI=1S/C15H10N3O.C14H14N.Ir/c1-17-8-9-18(10-17)13-6-2-4-11-12-5-3-7-16-15(12)19-14(11)13;1-10-4-6-13(7-5-10)14-8-11(2)12(3)9-15-14;/h2-5,7-9H,1H3;4-6,8-9H,1-3H3;/q+1;-1;. The molecule has 0 fully saturated rings. The van der Waals surface area contributed by atoms with Gasteiger partial charge in [0.25, 0.3) is 6.20 Å². The van der Waals surface area contributed by atoms with Crippen molar-refractivity contribution in [1.29, 1.82) is 0 Å². The Bertz CT molecular complexity index is 1620. The van der Waals surface area contributed by atoms with E-state index in [1.807, 2.05) is 65.1 Å². The second-order valence-electron chi connectivity index (χ2n) is 8.34. The van der Waals surface area contributed by atoms with E-state index in [9.17, 15) is 0 Å². The second-order valence-corrected chi connectivity index (χ2v) is 8.34. The van der Waals surface area contributed by atoms with Crippen LogP contribution in [0.4, 0.5) is 5.69 Å². The summed E-state index contributed by atoms with van der Waals surface area (Å²) >= 11 is 0. The van der Waals surface area contributed by atoms with Gasteiger partial charge in [-0.1, -0.05) is 33.1 Å². The number of aromatic nitrogens is 2. The van der Waals surface area contributed by atoms with Gasteiger partial charge in [-0.05, 0) is 37.2 Å². The number of hydrogen-bond donors (Lipinski definition) is 0. The van der Waals surface area contributed by atoms with Gasteiger partial charge in [-0.2, -0.15) is 12.1 Å². The SMILES string of the molecule is C[N+]1=C=[N+](c2[c-]ccc3c2oc2ncccc23)C=C1.Cc1c[c-]c(-c2cc(C)c(C)cn2)cc1.[Ir]. The van der Waals surface area contributed by atoms with Gasteiger partial charge in [-0.25, -0.2) is 4.98 Å². The zero-order valence-corrected chi connectivity index (χ0v) is 22.4.